The van der Waals surface area contributed by atoms with Crippen LogP contribution < -0.4 is 0 Å². The summed E-state index contributed by atoms with van der Waals surface area (Å²) >= 11 is 6.03. The topological polar surface area (TPSA) is 66.8 Å². The Kier molecular flexibility index (Phi) is 4.98. The van der Waals surface area contributed by atoms with Crippen LogP contribution in [0.3, 0.4) is 0 Å². The van der Waals surface area contributed by atoms with Gasteiger partial charge in [-0.05, 0) is 18.1 Å². The summed E-state index contributed by atoms with van der Waals surface area (Å²) in [4.78, 5) is 24.6. The molecule has 1 saturated heterocycles. The van der Waals surface area contributed by atoms with E-state index in [1.54, 1.807) is 6.07 Å². The number of carboxylic acids is 1. The second-order valence-electron chi connectivity index (χ2n) is 4.61. The van der Waals surface area contributed by atoms with E-state index < -0.39 is 12.0 Å². The van der Waals surface area contributed by atoms with Crippen LogP contribution in [0.4, 0.5) is 0 Å². The summed E-state index contributed by atoms with van der Waals surface area (Å²) in [6, 6.07) is 6.44. The maximum absolute atomic E-state index is 12.2. The van der Waals surface area contributed by atoms with Gasteiger partial charge >= 0.3 is 5.97 Å². The normalized spacial score (nSPS) is 18.9. The molecule has 0 aliphatic carbocycles. The number of benzene rings is 1. The van der Waals surface area contributed by atoms with Gasteiger partial charge in [-0.3, -0.25) is 4.79 Å². The Labute approximate surface area is 122 Å². The van der Waals surface area contributed by atoms with Crippen molar-refractivity contribution in [3.63, 3.8) is 0 Å². The molecule has 0 radical (unpaired) electrons. The SMILES string of the molecule is O=C(O)[C@H]1COCCN1C(=O)CCc1ccccc1Cl. The van der Waals surface area contributed by atoms with Crippen molar-refractivity contribution in [2.24, 2.45) is 0 Å². The molecule has 1 atom stereocenters. The van der Waals surface area contributed by atoms with Gasteiger partial charge in [-0.1, -0.05) is 29.8 Å². The zero-order valence-corrected chi connectivity index (χ0v) is 11.7. The highest BCUT2D eigenvalue weighted by Gasteiger charge is 2.32. The van der Waals surface area contributed by atoms with E-state index in [-0.39, 0.29) is 18.9 Å². The highest BCUT2D eigenvalue weighted by Crippen LogP contribution is 2.18. The Morgan fingerprint density at radius 2 is 2.15 bits per heavy atom. The van der Waals surface area contributed by atoms with Crippen LogP contribution in [0.1, 0.15) is 12.0 Å². The van der Waals surface area contributed by atoms with Crippen molar-refractivity contribution < 1.29 is 19.4 Å². The van der Waals surface area contributed by atoms with E-state index in [4.69, 9.17) is 21.4 Å². The third-order valence-electron chi connectivity index (χ3n) is 3.30. The molecule has 0 saturated carbocycles. The molecule has 1 aliphatic rings. The molecular formula is C14H16ClNO4. The van der Waals surface area contributed by atoms with E-state index in [9.17, 15) is 9.59 Å². The van der Waals surface area contributed by atoms with E-state index in [1.165, 1.54) is 4.90 Å². The Bertz CT molecular complexity index is 506. The molecule has 1 aliphatic heterocycles. The van der Waals surface area contributed by atoms with Gasteiger partial charge in [-0.2, -0.15) is 0 Å². The molecule has 1 aromatic rings. The predicted octanol–water partition coefficient (Wildman–Crippen LogP) is 1.58. The van der Waals surface area contributed by atoms with Gasteiger partial charge in [0, 0.05) is 18.0 Å². The van der Waals surface area contributed by atoms with E-state index in [1.807, 2.05) is 18.2 Å². The molecule has 2 rings (SSSR count). The van der Waals surface area contributed by atoms with E-state index >= 15 is 0 Å². The number of carboxylic acid groups (broad SMARTS) is 1. The number of hydrogen-bond donors (Lipinski definition) is 1. The molecule has 0 aromatic heterocycles. The molecule has 1 N–H and O–H groups in total. The summed E-state index contributed by atoms with van der Waals surface area (Å²) in [6.45, 7) is 0.743. The first-order valence-corrected chi connectivity index (χ1v) is 6.81. The number of carbonyl (C=O) groups excluding carboxylic acids is 1. The van der Waals surface area contributed by atoms with E-state index in [0.29, 0.717) is 24.6 Å². The van der Waals surface area contributed by atoms with Gasteiger partial charge < -0.3 is 14.7 Å². The number of aryl methyl sites for hydroxylation is 1. The van der Waals surface area contributed by atoms with Crippen LogP contribution in [0.5, 0.6) is 0 Å². The highest BCUT2D eigenvalue weighted by molar-refractivity contribution is 6.31. The monoisotopic (exact) mass is 297 g/mol. The summed E-state index contributed by atoms with van der Waals surface area (Å²) < 4.78 is 5.11. The van der Waals surface area contributed by atoms with Gasteiger partial charge in [0.15, 0.2) is 6.04 Å². The van der Waals surface area contributed by atoms with Gasteiger partial charge in [0.25, 0.3) is 0 Å². The molecule has 1 fully saturated rings. The van der Waals surface area contributed by atoms with E-state index in [0.717, 1.165) is 5.56 Å². The largest absolute Gasteiger partial charge is 0.480 e. The Balaban J connectivity index is 1.97. The number of carbonyl (C=O) groups is 2. The van der Waals surface area contributed by atoms with Crippen LogP contribution in [-0.2, 0) is 20.7 Å². The van der Waals surface area contributed by atoms with Crippen LogP contribution in [0, 0.1) is 0 Å². The molecule has 0 spiro atoms. The average molecular weight is 298 g/mol. The molecule has 6 heteroatoms. The minimum atomic E-state index is -1.03. The smallest absolute Gasteiger partial charge is 0.328 e. The molecular weight excluding hydrogens is 282 g/mol. The fourth-order valence-electron chi connectivity index (χ4n) is 2.19. The van der Waals surface area contributed by atoms with Crippen LogP contribution in [0.2, 0.25) is 5.02 Å². The Morgan fingerprint density at radius 3 is 2.85 bits per heavy atom. The van der Waals surface area contributed by atoms with Crippen molar-refractivity contribution in [3.05, 3.63) is 34.9 Å². The van der Waals surface area contributed by atoms with Gasteiger partial charge in [0.05, 0.1) is 13.2 Å². The van der Waals surface area contributed by atoms with Crippen molar-refractivity contribution in [1.29, 1.82) is 0 Å². The summed E-state index contributed by atoms with van der Waals surface area (Å²) in [5.41, 5.74) is 0.891. The van der Waals surface area contributed by atoms with Crippen molar-refractivity contribution in [1.82, 2.24) is 4.90 Å². The highest BCUT2D eigenvalue weighted by atomic mass is 35.5. The van der Waals surface area contributed by atoms with Gasteiger partial charge in [-0.25, -0.2) is 4.79 Å². The predicted molar refractivity (Wildman–Crippen MR) is 73.7 cm³/mol. The first-order valence-electron chi connectivity index (χ1n) is 6.43. The lowest BCUT2D eigenvalue weighted by atomic mass is 10.1. The lowest BCUT2D eigenvalue weighted by Gasteiger charge is -2.32. The van der Waals surface area contributed by atoms with Gasteiger partial charge in [0.2, 0.25) is 5.91 Å². The number of rotatable bonds is 4. The first-order chi connectivity index (χ1) is 9.59. The van der Waals surface area contributed by atoms with Crippen molar-refractivity contribution in [2.45, 2.75) is 18.9 Å². The zero-order chi connectivity index (χ0) is 14.5. The third-order valence-corrected chi connectivity index (χ3v) is 3.67. The minimum Gasteiger partial charge on any atom is -0.480 e. The van der Waals surface area contributed by atoms with Crippen molar-refractivity contribution in [2.75, 3.05) is 19.8 Å². The van der Waals surface area contributed by atoms with Crippen molar-refractivity contribution in [3.8, 4) is 0 Å². The lowest BCUT2D eigenvalue weighted by molar-refractivity contribution is -0.158. The van der Waals surface area contributed by atoms with Crippen LogP contribution in [0.25, 0.3) is 0 Å². The molecule has 1 aromatic carbocycles. The standard InChI is InChI=1S/C14H16ClNO4/c15-11-4-2-1-3-10(11)5-6-13(17)16-7-8-20-9-12(16)14(18)19/h1-4,12H,5-9H2,(H,18,19)/t12-/m1/s1. The molecule has 20 heavy (non-hydrogen) atoms. The average Bonchev–Trinajstić information content (AvgIpc) is 2.46. The number of amides is 1. The molecule has 1 amide bonds. The fourth-order valence-corrected chi connectivity index (χ4v) is 2.42. The Hall–Kier alpha value is -1.59. The number of morpholine rings is 1. The van der Waals surface area contributed by atoms with Crippen LogP contribution >= 0.6 is 11.6 Å². The summed E-state index contributed by atoms with van der Waals surface area (Å²) in [7, 11) is 0. The number of nitrogens with zero attached hydrogens (tertiary/aromatic N) is 1. The Morgan fingerprint density at radius 1 is 1.40 bits per heavy atom. The fraction of sp³-hybridized carbons (Fsp3) is 0.429. The summed E-state index contributed by atoms with van der Waals surface area (Å²) in [6.07, 6.45) is 0.746. The summed E-state index contributed by atoms with van der Waals surface area (Å²) in [5.74, 6) is -1.21. The quantitative estimate of drug-likeness (QED) is 0.916. The maximum atomic E-state index is 12.2. The first kappa shape index (κ1) is 14.8. The minimum absolute atomic E-state index is 0.0488. The van der Waals surface area contributed by atoms with E-state index in [2.05, 4.69) is 0 Å². The number of ether oxygens (including phenoxy) is 1. The number of aliphatic carboxylic acids is 1. The second-order valence-corrected chi connectivity index (χ2v) is 5.01. The molecule has 0 unspecified atom stereocenters. The van der Waals surface area contributed by atoms with Crippen molar-refractivity contribution >= 4 is 23.5 Å². The molecule has 5 nitrogen and oxygen atoms in total. The zero-order valence-electron chi connectivity index (χ0n) is 10.9. The molecule has 1 heterocycles. The number of halogens is 1. The lowest BCUT2D eigenvalue weighted by Crippen LogP contribution is -2.52. The second kappa shape index (κ2) is 6.72. The molecule has 0 bridgehead atoms. The summed E-state index contributed by atoms with van der Waals surface area (Å²) in [5, 5.41) is 9.71. The molecule has 108 valence electrons. The van der Waals surface area contributed by atoms with Crippen LogP contribution in [0.15, 0.2) is 24.3 Å². The third kappa shape index (κ3) is 3.49. The van der Waals surface area contributed by atoms with Gasteiger partial charge in [0.1, 0.15) is 0 Å². The number of hydrogen-bond acceptors (Lipinski definition) is 3. The van der Waals surface area contributed by atoms with Crippen LogP contribution in [-0.4, -0.2) is 47.7 Å². The maximum Gasteiger partial charge on any atom is 0.328 e. The van der Waals surface area contributed by atoms with Gasteiger partial charge in [-0.15, -0.1) is 0 Å².